The lowest BCUT2D eigenvalue weighted by molar-refractivity contribution is -0.143. The van der Waals surface area contributed by atoms with Gasteiger partial charge in [-0.3, -0.25) is 4.79 Å². The number of methoxy groups -OCH3 is 1. The van der Waals surface area contributed by atoms with Gasteiger partial charge in [-0.15, -0.1) is 0 Å². The molecule has 6 heteroatoms. The zero-order chi connectivity index (χ0) is 15.7. The summed E-state index contributed by atoms with van der Waals surface area (Å²) in [5, 5.41) is 3.22. The molecule has 0 aromatic carbocycles. The fourth-order valence-corrected chi connectivity index (χ4v) is 3.10. The zero-order valence-corrected chi connectivity index (χ0v) is 13.9. The number of carbonyl (C=O) groups is 1. The quantitative estimate of drug-likeness (QED) is 0.621. The van der Waals surface area contributed by atoms with Crippen molar-refractivity contribution in [3.05, 3.63) is 0 Å². The summed E-state index contributed by atoms with van der Waals surface area (Å²) in [7, 11) is 1.31. The van der Waals surface area contributed by atoms with Crippen LogP contribution in [0.1, 0.15) is 47.0 Å². The molecule has 0 unspecified atom stereocenters. The maximum absolute atomic E-state index is 11.7. The highest BCUT2D eigenvalue weighted by Crippen LogP contribution is 2.38. The van der Waals surface area contributed by atoms with Crippen LogP contribution >= 0.6 is 0 Å². The Morgan fingerprint density at radius 1 is 1.29 bits per heavy atom. The van der Waals surface area contributed by atoms with E-state index < -0.39 is 0 Å². The highest BCUT2D eigenvalue weighted by atomic mass is 16.7. The molecular formula is C15H28BNO4. The first-order valence-corrected chi connectivity index (χ1v) is 7.94. The topological polar surface area (TPSA) is 56.8 Å². The molecule has 0 aromatic rings. The molecule has 2 aliphatic rings. The van der Waals surface area contributed by atoms with Gasteiger partial charge in [0.05, 0.1) is 18.3 Å². The van der Waals surface area contributed by atoms with Crippen molar-refractivity contribution in [2.75, 3.05) is 13.7 Å². The Morgan fingerprint density at radius 3 is 2.48 bits per heavy atom. The fraction of sp³-hybridized carbons (Fsp3) is 0.933. The molecule has 0 saturated carbocycles. The van der Waals surface area contributed by atoms with Gasteiger partial charge in [0.25, 0.3) is 0 Å². The largest absolute Gasteiger partial charge is 0.468 e. The summed E-state index contributed by atoms with van der Waals surface area (Å²) in [6, 6.07) is -0.145. The van der Waals surface area contributed by atoms with E-state index in [1.807, 2.05) is 0 Å². The molecule has 1 N–H and O–H groups in total. The van der Waals surface area contributed by atoms with Gasteiger partial charge in [-0.2, -0.15) is 0 Å². The molecule has 0 amide bonds. The smallest absolute Gasteiger partial charge is 0.457 e. The molecule has 5 nitrogen and oxygen atoms in total. The van der Waals surface area contributed by atoms with Crippen molar-refractivity contribution in [3.63, 3.8) is 0 Å². The molecule has 2 aliphatic heterocycles. The molecule has 2 atom stereocenters. The third kappa shape index (κ3) is 3.60. The second-order valence-corrected chi connectivity index (χ2v) is 7.12. The van der Waals surface area contributed by atoms with Crippen molar-refractivity contribution in [1.82, 2.24) is 5.32 Å². The Bertz CT molecular complexity index is 370. The molecule has 0 bridgehead atoms. The normalized spacial score (nSPS) is 30.6. The number of ether oxygens (including phenoxy) is 1. The summed E-state index contributed by atoms with van der Waals surface area (Å²) in [6.07, 6.45) is 3.90. The standard InChI is InChI=1S/C15H28BNO4/c1-14(2)15(3,4)21-16(20-14)9-6-7-11-8-10-17-12(11)13(18)19-5/h11-12,17H,6-10H2,1-5H3/t11-,12+/m0/s1. The maximum Gasteiger partial charge on any atom is 0.457 e. The van der Waals surface area contributed by atoms with E-state index in [0.29, 0.717) is 5.92 Å². The number of hydrogen-bond acceptors (Lipinski definition) is 5. The van der Waals surface area contributed by atoms with E-state index in [4.69, 9.17) is 14.0 Å². The van der Waals surface area contributed by atoms with Crippen LogP contribution in [0.3, 0.4) is 0 Å². The first kappa shape index (κ1) is 16.8. The summed E-state index contributed by atoms with van der Waals surface area (Å²) in [4.78, 5) is 11.7. The highest BCUT2D eigenvalue weighted by molar-refractivity contribution is 6.45. The van der Waals surface area contributed by atoms with Gasteiger partial charge in [0.2, 0.25) is 0 Å². The van der Waals surface area contributed by atoms with E-state index >= 15 is 0 Å². The van der Waals surface area contributed by atoms with Crippen LogP contribution in [0.2, 0.25) is 6.32 Å². The average Bonchev–Trinajstić information content (AvgIpc) is 2.92. The number of carbonyl (C=O) groups excluding carboxylic acids is 1. The Hall–Kier alpha value is -0.585. The van der Waals surface area contributed by atoms with Crippen LogP contribution < -0.4 is 5.32 Å². The van der Waals surface area contributed by atoms with Gasteiger partial charge in [0.15, 0.2) is 0 Å². The van der Waals surface area contributed by atoms with Gasteiger partial charge in [-0.05, 0) is 59.3 Å². The zero-order valence-electron chi connectivity index (χ0n) is 13.9. The van der Waals surface area contributed by atoms with Crippen molar-refractivity contribution in [2.45, 2.75) is 70.5 Å². The van der Waals surface area contributed by atoms with E-state index in [1.54, 1.807) is 0 Å². The van der Waals surface area contributed by atoms with Crippen LogP contribution in [-0.4, -0.2) is 44.0 Å². The molecule has 2 rings (SSSR count). The Morgan fingerprint density at radius 2 is 1.90 bits per heavy atom. The van der Waals surface area contributed by atoms with E-state index in [9.17, 15) is 4.79 Å². The van der Waals surface area contributed by atoms with Crippen molar-refractivity contribution in [3.8, 4) is 0 Å². The molecular weight excluding hydrogens is 269 g/mol. The first-order chi connectivity index (χ1) is 9.77. The fourth-order valence-electron chi connectivity index (χ4n) is 3.10. The van der Waals surface area contributed by atoms with Crippen LogP contribution in [0.15, 0.2) is 0 Å². The third-order valence-electron chi connectivity index (χ3n) is 5.12. The second-order valence-electron chi connectivity index (χ2n) is 7.12. The average molecular weight is 297 g/mol. The summed E-state index contributed by atoms with van der Waals surface area (Å²) < 4.78 is 16.8. The van der Waals surface area contributed by atoms with Crippen LogP contribution in [-0.2, 0) is 18.8 Å². The van der Waals surface area contributed by atoms with Crippen molar-refractivity contribution in [1.29, 1.82) is 0 Å². The van der Waals surface area contributed by atoms with Crippen molar-refractivity contribution in [2.24, 2.45) is 5.92 Å². The summed E-state index contributed by atoms with van der Waals surface area (Å²) in [5.41, 5.74) is -0.526. The number of rotatable bonds is 5. The molecule has 2 fully saturated rings. The number of nitrogens with one attached hydrogen (secondary N) is 1. The van der Waals surface area contributed by atoms with Gasteiger partial charge in [0.1, 0.15) is 6.04 Å². The monoisotopic (exact) mass is 297 g/mol. The van der Waals surface area contributed by atoms with Gasteiger partial charge in [-0.1, -0.05) is 6.42 Å². The molecule has 0 aromatic heterocycles. The molecule has 0 aliphatic carbocycles. The molecule has 0 spiro atoms. The van der Waals surface area contributed by atoms with Crippen molar-refractivity contribution >= 4 is 13.1 Å². The van der Waals surface area contributed by atoms with E-state index in [0.717, 1.165) is 32.1 Å². The summed E-state index contributed by atoms with van der Waals surface area (Å²) >= 11 is 0. The van der Waals surface area contributed by atoms with Crippen LogP contribution in [0.5, 0.6) is 0 Å². The van der Waals surface area contributed by atoms with Crippen LogP contribution in [0.25, 0.3) is 0 Å². The Labute approximate surface area is 128 Å². The summed E-state index contributed by atoms with van der Waals surface area (Å²) in [6.45, 7) is 9.17. The lowest BCUT2D eigenvalue weighted by Gasteiger charge is -2.32. The first-order valence-electron chi connectivity index (χ1n) is 7.94. The number of hydrogen-bond donors (Lipinski definition) is 1. The third-order valence-corrected chi connectivity index (χ3v) is 5.12. The molecule has 2 heterocycles. The molecule has 2 saturated heterocycles. The van der Waals surface area contributed by atoms with E-state index in [-0.39, 0.29) is 30.3 Å². The minimum Gasteiger partial charge on any atom is -0.468 e. The maximum atomic E-state index is 11.7. The van der Waals surface area contributed by atoms with Crippen LogP contribution in [0.4, 0.5) is 0 Å². The SMILES string of the molecule is COC(=O)[C@@H]1NCC[C@@H]1CCCB1OC(C)(C)C(C)(C)O1. The van der Waals surface area contributed by atoms with Gasteiger partial charge >= 0.3 is 13.1 Å². The minimum atomic E-state index is -0.263. The lowest BCUT2D eigenvalue weighted by Crippen LogP contribution is -2.41. The molecule has 120 valence electrons. The van der Waals surface area contributed by atoms with Crippen LogP contribution in [0, 0.1) is 5.92 Å². The Balaban J connectivity index is 1.77. The lowest BCUT2D eigenvalue weighted by atomic mass is 9.80. The van der Waals surface area contributed by atoms with Gasteiger partial charge < -0.3 is 19.4 Å². The molecule has 21 heavy (non-hydrogen) atoms. The predicted molar refractivity (Wildman–Crippen MR) is 82.0 cm³/mol. The second kappa shape index (κ2) is 6.27. The minimum absolute atomic E-state index is 0.138. The Kier molecular flexibility index (Phi) is 5.01. The highest BCUT2D eigenvalue weighted by Gasteiger charge is 2.50. The predicted octanol–water partition coefficient (Wildman–Crippen LogP) is 2.01. The number of esters is 1. The van der Waals surface area contributed by atoms with E-state index in [1.165, 1.54) is 7.11 Å². The van der Waals surface area contributed by atoms with Gasteiger partial charge in [0, 0.05) is 0 Å². The summed E-state index contributed by atoms with van der Waals surface area (Å²) in [5.74, 6) is 0.216. The molecule has 0 radical (unpaired) electrons. The van der Waals surface area contributed by atoms with Gasteiger partial charge in [-0.25, -0.2) is 0 Å². The van der Waals surface area contributed by atoms with E-state index in [2.05, 4.69) is 33.0 Å². The van der Waals surface area contributed by atoms with Crippen molar-refractivity contribution < 1.29 is 18.8 Å².